The SMILES string of the molecule is c1ccc(-c2ccccc2-c2c3ccccc3c(-c3cccc(-n4c(-c5ccccc5)nc5ccccc54)c3)c3ccccc23)cc1. The van der Waals surface area contributed by atoms with E-state index in [-0.39, 0.29) is 0 Å². The summed E-state index contributed by atoms with van der Waals surface area (Å²) >= 11 is 0. The molecule has 2 heteroatoms. The van der Waals surface area contributed by atoms with Gasteiger partial charge in [0.15, 0.2) is 0 Å². The minimum absolute atomic E-state index is 0.937. The molecule has 0 bridgehead atoms. The molecule has 0 radical (unpaired) electrons. The van der Waals surface area contributed by atoms with Gasteiger partial charge < -0.3 is 0 Å². The van der Waals surface area contributed by atoms with E-state index >= 15 is 0 Å². The lowest BCUT2D eigenvalue weighted by molar-refractivity contribution is 1.10. The molecule has 0 aliphatic rings. The molecule has 0 aliphatic heterocycles. The van der Waals surface area contributed by atoms with Gasteiger partial charge in [0.05, 0.1) is 11.0 Å². The van der Waals surface area contributed by atoms with Gasteiger partial charge in [-0.25, -0.2) is 4.98 Å². The first-order valence-electron chi connectivity index (χ1n) is 16.1. The van der Waals surface area contributed by atoms with Crippen LogP contribution < -0.4 is 0 Å². The van der Waals surface area contributed by atoms with Crippen molar-refractivity contribution >= 4 is 32.6 Å². The van der Waals surface area contributed by atoms with E-state index in [9.17, 15) is 0 Å². The number of para-hydroxylation sites is 2. The molecular formula is C45H30N2. The lowest BCUT2D eigenvalue weighted by atomic mass is 9.84. The predicted molar refractivity (Wildman–Crippen MR) is 198 cm³/mol. The van der Waals surface area contributed by atoms with Crippen molar-refractivity contribution in [3.05, 3.63) is 182 Å². The van der Waals surface area contributed by atoms with Crippen LogP contribution >= 0.6 is 0 Å². The van der Waals surface area contributed by atoms with Crippen LogP contribution in [-0.4, -0.2) is 9.55 Å². The van der Waals surface area contributed by atoms with E-state index in [4.69, 9.17) is 4.98 Å². The largest absolute Gasteiger partial charge is 0.292 e. The van der Waals surface area contributed by atoms with Crippen LogP contribution in [-0.2, 0) is 0 Å². The molecule has 0 aliphatic carbocycles. The van der Waals surface area contributed by atoms with E-state index in [0.29, 0.717) is 0 Å². The summed E-state index contributed by atoms with van der Waals surface area (Å²) in [6, 6.07) is 65.1. The van der Waals surface area contributed by atoms with E-state index in [2.05, 4.69) is 187 Å². The molecule has 0 unspecified atom stereocenters. The van der Waals surface area contributed by atoms with Crippen molar-refractivity contribution < 1.29 is 0 Å². The average Bonchev–Trinajstić information content (AvgIpc) is 3.54. The second-order valence-corrected chi connectivity index (χ2v) is 11.9. The second-order valence-electron chi connectivity index (χ2n) is 11.9. The fourth-order valence-electron chi connectivity index (χ4n) is 7.17. The Kier molecular flexibility index (Phi) is 6.50. The molecule has 2 nitrogen and oxygen atoms in total. The van der Waals surface area contributed by atoms with Crippen LogP contribution in [0.25, 0.3) is 83.0 Å². The Labute approximate surface area is 273 Å². The monoisotopic (exact) mass is 598 g/mol. The molecule has 0 N–H and O–H groups in total. The van der Waals surface area contributed by atoms with Gasteiger partial charge in [-0.05, 0) is 79.2 Å². The van der Waals surface area contributed by atoms with Gasteiger partial charge in [0.2, 0.25) is 0 Å². The van der Waals surface area contributed by atoms with Crippen molar-refractivity contribution in [2.24, 2.45) is 0 Å². The molecule has 0 fully saturated rings. The number of benzene rings is 8. The molecule has 0 saturated carbocycles. The van der Waals surface area contributed by atoms with Crippen LogP contribution in [0.15, 0.2) is 182 Å². The zero-order valence-corrected chi connectivity index (χ0v) is 25.7. The number of nitrogens with zero attached hydrogens (tertiary/aromatic N) is 2. The van der Waals surface area contributed by atoms with E-state index in [1.807, 2.05) is 0 Å². The first kappa shape index (κ1) is 27.1. The third kappa shape index (κ3) is 4.54. The van der Waals surface area contributed by atoms with Crippen LogP contribution in [0.4, 0.5) is 0 Å². The third-order valence-corrected chi connectivity index (χ3v) is 9.20. The number of fused-ring (bicyclic) bond motifs is 3. The lowest BCUT2D eigenvalue weighted by Gasteiger charge is -2.20. The number of imidazole rings is 1. The molecule has 1 aromatic heterocycles. The summed E-state index contributed by atoms with van der Waals surface area (Å²) in [6.07, 6.45) is 0. The van der Waals surface area contributed by atoms with Gasteiger partial charge in [-0.15, -0.1) is 0 Å². The van der Waals surface area contributed by atoms with E-state index in [1.54, 1.807) is 0 Å². The Balaban J connectivity index is 1.32. The maximum atomic E-state index is 5.10. The number of aromatic nitrogens is 2. The highest BCUT2D eigenvalue weighted by Crippen LogP contribution is 2.46. The summed E-state index contributed by atoms with van der Waals surface area (Å²) in [4.78, 5) is 5.10. The van der Waals surface area contributed by atoms with Gasteiger partial charge >= 0.3 is 0 Å². The quantitative estimate of drug-likeness (QED) is 0.180. The van der Waals surface area contributed by atoms with Gasteiger partial charge in [0.25, 0.3) is 0 Å². The van der Waals surface area contributed by atoms with Crippen LogP contribution in [0.5, 0.6) is 0 Å². The molecular weight excluding hydrogens is 569 g/mol. The molecule has 0 spiro atoms. The highest BCUT2D eigenvalue weighted by molar-refractivity contribution is 6.22. The first-order valence-corrected chi connectivity index (χ1v) is 16.1. The van der Waals surface area contributed by atoms with Gasteiger partial charge in [0.1, 0.15) is 5.82 Å². The molecule has 47 heavy (non-hydrogen) atoms. The molecule has 9 aromatic rings. The average molecular weight is 599 g/mol. The van der Waals surface area contributed by atoms with Gasteiger partial charge in [-0.3, -0.25) is 4.57 Å². The smallest absolute Gasteiger partial charge is 0.145 e. The van der Waals surface area contributed by atoms with Gasteiger partial charge in [-0.2, -0.15) is 0 Å². The Morgan fingerprint density at radius 2 is 0.872 bits per heavy atom. The zero-order valence-electron chi connectivity index (χ0n) is 25.7. The van der Waals surface area contributed by atoms with Crippen molar-refractivity contribution in [2.45, 2.75) is 0 Å². The number of rotatable bonds is 5. The second kappa shape index (κ2) is 11.3. The summed E-state index contributed by atoms with van der Waals surface area (Å²) in [7, 11) is 0. The minimum Gasteiger partial charge on any atom is -0.292 e. The topological polar surface area (TPSA) is 17.8 Å². The molecule has 8 aromatic carbocycles. The Morgan fingerprint density at radius 1 is 0.362 bits per heavy atom. The van der Waals surface area contributed by atoms with Crippen LogP contribution in [0, 0.1) is 0 Å². The predicted octanol–water partition coefficient (Wildman–Crippen LogP) is 12.0. The normalized spacial score (nSPS) is 11.4. The van der Waals surface area contributed by atoms with Gasteiger partial charge in [0, 0.05) is 11.3 Å². The van der Waals surface area contributed by atoms with Crippen molar-refractivity contribution in [1.29, 1.82) is 0 Å². The molecule has 1 heterocycles. The van der Waals surface area contributed by atoms with Crippen molar-refractivity contribution in [2.75, 3.05) is 0 Å². The van der Waals surface area contributed by atoms with Gasteiger partial charge in [-0.1, -0.05) is 158 Å². The summed E-state index contributed by atoms with van der Waals surface area (Å²) in [5, 5.41) is 4.96. The van der Waals surface area contributed by atoms with Crippen LogP contribution in [0.1, 0.15) is 0 Å². The third-order valence-electron chi connectivity index (χ3n) is 9.20. The molecule has 220 valence electrons. The van der Waals surface area contributed by atoms with Crippen LogP contribution in [0.3, 0.4) is 0 Å². The highest BCUT2D eigenvalue weighted by Gasteiger charge is 2.20. The summed E-state index contributed by atoms with van der Waals surface area (Å²) in [5.41, 5.74) is 11.6. The maximum absolute atomic E-state index is 5.10. The lowest BCUT2D eigenvalue weighted by Crippen LogP contribution is -1.98. The molecule has 0 atom stereocenters. The van der Waals surface area contributed by atoms with E-state index in [1.165, 1.54) is 54.9 Å². The van der Waals surface area contributed by atoms with Crippen LogP contribution in [0.2, 0.25) is 0 Å². The van der Waals surface area contributed by atoms with Crippen molar-refractivity contribution in [1.82, 2.24) is 9.55 Å². The molecule has 0 amide bonds. The summed E-state index contributed by atoms with van der Waals surface area (Å²) < 4.78 is 2.29. The Hall–Kier alpha value is -6.25. The first-order chi connectivity index (χ1) is 23.3. The molecule has 9 rings (SSSR count). The Bertz CT molecular complexity index is 2500. The molecule has 0 saturated heterocycles. The van der Waals surface area contributed by atoms with E-state index < -0.39 is 0 Å². The fourth-order valence-corrected chi connectivity index (χ4v) is 7.17. The van der Waals surface area contributed by atoms with Crippen molar-refractivity contribution in [3.63, 3.8) is 0 Å². The minimum atomic E-state index is 0.937. The van der Waals surface area contributed by atoms with E-state index in [0.717, 1.165) is 28.1 Å². The summed E-state index contributed by atoms with van der Waals surface area (Å²) in [6.45, 7) is 0. The standard InChI is InChI=1S/C45H30N2/c1-3-16-31(17-4-1)35-22-7-8-23-36(35)44-39-26-11-9-24-37(39)43(38-25-10-12-27-40(38)44)33-20-15-21-34(30-33)47-42-29-14-13-28-41(42)46-45(47)32-18-5-2-6-19-32/h1-30H. The fraction of sp³-hybridized carbons (Fsp3) is 0. The highest BCUT2D eigenvalue weighted by atomic mass is 15.1. The number of hydrogen-bond donors (Lipinski definition) is 0. The summed E-state index contributed by atoms with van der Waals surface area (Å²) in [5.74, 6) is 0.937. The number of hydrogen-bond acceptors (Lipinski definition) is 1. The maximum Gasteiger partial charge on any atom is 0.145 e. The zero-order chi connectivity index (χ0) is 31.2. The Morgan fingerprint density at radius 3 is 1.55 bits per heavy atom. The van der Waals surface area contributed by atoms with Crippen molar-refractivity contribution in [3.8, 4) is 50.5 Å².